The van der Waals surface area contributed by atoms with Crippen molar-refractivity contribution in [3.63, 3.8) is 0 Å². The Bertz CT molecular complexity index is 1200. The number of carbonyl (C=O) groups is 2. The average molecular weight is 492 g/mol. The fourth-order valence-electron chi connectivity index (χ4n) is 3.26. The van der Waals surface area contributed by atoms with E-state index in [0.717, 1.165) is 11.4 Å². The summed E-state index contributed by atoms with van der Waals surface area (Å²) in [7, 11) is 3.71. The van der Waals surface area contributed by atoms with Gasteiger partial charge in [-0.1, -0.05) is 6.07 Å². The van der Waals surface area contributed by atoms with E-state index in [0.29, 0.717) is 41.7 Å². The number of nitrogens with zero attached hydrogens (tertiary/aromatic N) is 3. The van der Waals surface area contributed by atoms with E-state index < -0.39 is 11.7 Å². The quantitative estimate of drug-likeness (QED) is 0.453. The van der Waals surface area contributed by atoms with E-state index in [-0.39, 0.29) is 5.91 Å². The molecule has 2 N–H and O–H groups in total. The lowest BCUT2D eigenvalue weighted by atomic mass is 10.2. The van der Waals surface area contributed by atoms with Gasteiger partial charge in [-0.15, -0.1) is 0 Å². The van der Waals surface area contributed by atoms with Crippen LogP contribution in [0, 0.1) is 6.92 Å². The lowest BCUT2D eigenvalue weighted by molar-refractivity contribution is 0.0635. The highest BCUT2D eigenvalue weighted by molar-refractivity contribution is 6.07. The van der Waals surface area contributed by atoms with E-state index in [1.165, 1.54) is 0 Å². The van der Waals surface area contributed by atoms with Crippen molar-refractivity contribution in [3.05, 3.63) is 71.5 Å². The minimum Gasteiger partial charge on any atom is -0.493 e. The van der Waals surface area contributed by atoms with Gasteiger partial charge in [0.1, 0.15) is 23.0 Å². The van der Waals surface area contributed by atoms with Crippen LogP contribution in [0.2, 0.25) is 0 Å². The SMILES string of the molecule is Cc1ccc(C(=O)Nc2ccc(OCCc3cccc(NC(=O)OC(C)(C)C)n3)cc2)c(N(C)C)n1. The lowest BCUT2D eigenvalue weighted by Gasteiger charge is -2.19. The first-order chi connectivity index (χ1) is 17.0. The van der Waals surface area contributed by atoms with Crippen molar-refractivity contribution in [1.29, 1.82) is 0 Å². The number of aryl methyl sites for hydroxylation is 1. The summed E-state index contributed by atoms with van der Waals surface area (Å²) in [5.74, 6) is 1.47. The Hall–Kier alpha value is -4.14. The fourth-order valence-corrected chi connectivity index (χ4v) is 3.26. The highest BCUT2D eigenvalue weighted by atomic mass is 16.6. The molecule has 3 aromatic rings. The van der Waals surface area contributed by atoms with Crippen molar-refractivity contribution < 1.29 is 19.1 Å². The Kier molecular flexibility index (Phi) is 8.47. The Morgan fingerprint density at radius 1 is 0.944 bits per heavy atom. The number of amides is 2. The van der Waals surface area contributed by atoms with Crippen LogP contribution in [0.25, 0.3) is 0 Å². The van der Waals surface area contributed by atoms with Crippen LogP contribution in [-0.2, 0) is 11.2 Å². The van der Waals surface area contributed by atoms with Crippen molar-refractivity contribution in [3.8, 4) is 5.75 Å². The predicted molar refractivity (Wildman–Crippen MR) is 141 cm³/mol. The summed E-state index contributed by atoms with van der Waals surface area (Å²) in [4.78, 5) is 35.4. The molecule has 190 valence electrons. The van der Waals surface area contributed by atoms with Crippen molar-refractivity contribution in [1.82, 2.24) is 9.97 Å². The monoisotopic (exact) mass is 491 g/mol. The molecule has 2 aromatic heterocycles. The number of hydrogen-bond donors (Lipinski definition) is 2. The molecule has 2 amide bonds. The van der Waals surface area contributed by atoms with Gasteiger partial charge in [-0.05, 0) is 76.2 Å². The minimum absolute atomic E-state index is 0.231. The van der Waals surface area contributed by atoms with Gasteiger partial charge < -0.3 is 19.7 Å². The molecule has 0 saturated carbocycles. The van der Waals surface area contributed by atoms with Crippen LogP contribution in [0.3, 0.4) is 0 Å². The molecule has 2 heterocycles. The van der Waals surface area contributed by atoms with Gasteiger partial charge >= 0.3 is 6.09 Å². The molecule has 9 heteroatoms. The van der Waals surface area contributed by atoms with E-state index >= 15 is 0 Å². The van der Waals surface area contributed by atoms with Gasteiger partial charge in [0, 0.05) is 37.6 Å². The van der Waals surface area contributed by atoms with Gasteiger partial charge in [0.05, 0.1) is 12.2 Å². The fraction of sp³-hybridized carbons (Fsp3) is 0.333. The molecular formula is C27H33N5O4. The van der Waals surface area contributed by atoms with Gasteiger partial charge in [0.15, 0.2) is 0 Å². The maximum Gasteiger partial charge on any atom is 0.413 e. The Labute approximate surface area is 211 Å². The molecule has 0 aliphatic rings. The molecule has 0 saturated heterocycles. The molecule has 1 aromatic carbocycles. The second kappa shape index (κ2) is 11.5. The molecule has 0 aliphatic heterocycles. The molecule has 0 atom stereocenters. The third kappa shape index (κ3) is 7.97. The van der Waals surface area contributed by atoms with E-state index in [4.69, 9.17) is 9.47 Å². The molecule has 0 aliphatic carbocycles. The third-order valence-electron chi connectivity index (χ3n) is 4.86. The van der Waals surface area contributed by atoms with E-state index in [9.17, 15) is 9.59 Å². The largest absolute Gasteiger partial charge is 0.493 e. The number of pyridine rings is 2. The maximum atomic E-state index is 12.8. The summed E-state index contributed by atoms with van der Waals surface area (Å²) < 4.78 is 11.1. The van der Waals surface area contributed by atoms with Gasteiger partial charge in [-0.3, -0.25) is 10.1 Å². The van der Waals surface area contributed by atoms with Gasteiger partial charge in [0.2, 0.25) is 0 Å². The normalized spacial score (nSPS) is 10.9. The first-order valence-corrected chi connectivity index (χ1v) is 11.7. The molecule has 0 bridgehead atoms. The summed E-state index contributed by atoms with van der Waals surface area (Å²) in [6.07, 6.45) is 0.00272. The zero-order valence-electron chi connectivity index (χ0n) is 21.6. The highest BCUT2D eigenvalue weighted by Crippen LogP contribution is 2.20. The van der Waals surface area contributed by atoms with Gasteiger partial charge in [0.25, 0.3) is 5.91 Å². The number of aromatic nitrogens is 2. The smallest absolute Gasteiger partial charge is 0.413 e. The van der Waals surface area contributed by atoms with Crippen molar-refractivity contribution >= 4 is 29.3 Å². The first kappa shape index (κ1) is 26.5. The van der Waals surface area contributed by atoms with E-state index in [1.807, 2.05) is 44.1 Å². The van der Waals surface area contributed by atoms with Crippen LogP contribution in [0.1, 0.15) is 42.5 Å². The summed E-state index contributed by atoms with van der Waals surface area (Å²) >= 11 is 0. The van der Waals surface area contributed by atoms with Crippen LogP contribution in [0.5, 0.6) is 5.75 Å². The number of carbonyl (C=O) groups excluding carboxylic acids is 2. The third-order valence-corrected chi connectivity index (χ3v) is 4.86. The van der Waals surface area contributed by atoms with Crippen molar-refractivity contribution in [2.45, 2.75) is 39.7 Å². The summed E-state index contributed by atoms with van der Waals surface area (Å²) in [5.41, 5.74) is 2.19. The number of nitrogens with one attached hydrogen (secondary N) is 2. The summed E-state index contributed by atoms with van der Waals surface area (Å²) in [6.45, 7) is 7.70. The van der Waals surface area contributed by atoms with E-state index in [2.05, 4.69) is 20.6 Å². The van der Waals surface area contributed by atoms with Crippen LogP contribution in [0.15, 0.2) is 54.6 Å². The molecule has 0 radical (unpaired) electrons. The highest BCUT2D eigenvalue weighted by Gasteiger charge is 2.17. The molecule has 3 rings (SSSR count). The molecule has 0 fully saturated rings. The average Bonchev–Trinajstić information content (AvgIpc) is 2.79. The minimum atomic E-state index is -0.582. The van der Waals surface area contributed by atoms with Crippen molar-refractivity contribution in [2.24, 2.45) is 0 Å². The zero-order chi connectivity index (χ0) is 26.3. The number of benzene rings is 1. The van der Waals surface area contributed by atoms with Gasteiger partial charge in [-0.25, -0.2) is 14.8 Å². The molecule has 0 unspecified atom stereocenters. The van der Waals surface area contributed by atoms with Crippen LogP contribution < -0.4 is 20.3 Å². The number of rotatable bonds is 8. The standard InChI is InChI=1S/C27H33N5O4/c1-18-10-15-22(24(28-18)32(5)6)25(33)30-20-11-13-21(14-12-20)35-17-16-19-8-7-9-23(29-19)31-26(34)36-27(2,3)4/h7-15H,16-17H2,1-6H3,(H,30,33)(H,29,31,34). The molecular weight excluding hydrogens is 458 g/mol. The first-order valence-electron chi connectivity index (χ1n) is 11.7. The molecule has 36 heavy (non-hydrogen) atoms. The molecule has 9 nitrogen and oxygen atoms in total. The zero-order valence-corrected chi connectivity index (χ0v) is 21.6. The van der Waals surface area contributed by atoms with Crippen LogP contribution >= 0.6 is 0 Å². The topological polar surface area (TPSA) is 106 Å². The van der Waals surface area contributed by atoms with Crippen LogP contribution in [0.4, 0.5) is 22.1 Å². The number of ether oxygens (including phenoxy) is 2. The second-order valence-electron chi connectivity index (χ2n) is 9.44. The summed E-state index contributed by atoms with van der Waals surface area (Å²) in [5, 5.41) is 5.54. The number of anilines is 3. The van der Waals surface area contributed by atoms with Crippen LogP contribution in [-0.4, -0.2) is 48.3 Å². The summed E-state index contributed by atoms with van der Waals surface area (Å²) in [6, 6.07) is 16.1. The second-order valence-corrected chi connectivity index (χ2v) is 9.44. The Morgan fingerprint density at radius 3 is 2.33 bits per heavy atom. The van der Waals surface area contributed by atoms with E-state index in [1.54, 1.807) is 57.2 Å². The number of hydrogen-bond acceptors (Lipinski definition) is 7. The maximum absolute atomic E-state index is 12.8. The predicted octanol–water partition coefficient (Wildman–Crippen LogP) is 5.07. The molecule has 0 spiro atoms. The lowest BCUT2D eigenvalue weighted by Crippen LogP contribution is -2.27. The van der Waals surface area contributed by atoms with Crippen molar-refractivity contribution in [2.75, 3.05) is 36.2 Å². The Morgan fingerprint density at radius 2 is 1.67 bits per heavy atom. The Balaban J connectivity index is 1.52. The van der Waals surface area contributed by atoms with Gasteiger partial charge in [-0.2, -0.15) is 0 Å².